The molecule has 1 N–H and O–H groups in total. The van der Waals surface area contributed by atoms with Crippen LogP contribution in [0, 0.1) is 0 Å². The summed E-state index contributed by atoms with van der Waals surface area (Å²) in [4.78, 5) is 10.2. The first-order valence-electron chi connectivity index (χ1n) is 7.11. The van der Waals surface area contributed by atoms with Gasteiger partial charge in [0.05, 0.1) is 0 Å². The Hall–Kier alpha value is -0.610. The largest absolute Gasteiger partial charge is 0.480 e. The van der Waals surface area contributed by atoms with Crippen LogP contribution in [0.3, 0.4) is 0 Å². The predicted molar refractivity (Wildman–Crippen MR) is 71.6 cm³/mol. The molecule has 0 bridgehead atoms. The number of hydrogen-bond donors (Lipinski definition) is 1. The molecule has 0 heterocycles. The maximum atomic E-state index is 10.2. The van der Waals surface area contributed by atoms with Gasteiger partial charge in [0.2, 0.25) is 0 Å². The molecule has 0 fully saturated rings. The molecule has 0 aliphatic heterocycles. The van der Waals surface area contributed by atoms with Gasteiger partial charge in [-0.3, -0.25) is 0 Å². The number of aliphatic carboxylic acids is 1. The lowest BCUT2D eigenvalue weighted by atomic mass is 10.1. The molecule has 0 aromatic rings. The van der Waals surface area contributed by atoms with Crippen LogP contribution in [0.15, 0.2) is 0 Å². The Balaban J connectivity index is 3.12. The molecule has 4 heteroatoms. The highest BCUT2D eigenvalue weighted by Crippen LogP contribution is 2.08. The molecule has 0 amide bonds. The second-order valence-corrected chi connectivity index (χ2v) is 4.62. The van der Waals surface area contributed by atoms with Gasteiger partial charge in [-0.15, -0.1) is 0 Å². The van der Waals surface area contributed by atoms with Crippen LogP contribution in [0.5, 0.6) is 0 Å². The van der Waals surface area contributed by atoms with E-state index in [1.165, 1.54) is 44.9 Å². The minimum atomic E-state index is -0.961. The van der Waals surface area contributed by atoms with Gasteiger partial charge in [0.1, 0.15) is 6.61 Å². The fraction of sp³-hybridized carbons (Fsp3) is 0.929. The third-order valence-electron chi connectivity index (χ3n) is 2.79. The molecule has 0 saturated heterocycles. The van der Waals surface area contributed by atoms with E-state index in [1.807, 2.05) is 0 Å². The van der Waals surface area contributed by atoms with Crippen molar-refractivity contribution in [2.24, 2.45) is 0 Å². The van der Waals surface area contributed by atoms with E-state index < -0.39 is 12.3 Å². The fourth-order valence-electron chi connectivity index (χ4n) is 1.72. The molecule has 0 aliphatic rings. The Labute approximate surface area is 111 Å². The first-order valence-corrected chi connectivity index (χ1v) is 7.11. The summed E-state index contributed by atoms with van der Waals surface area (Å²) in [6.45, 7) is 4.31. The van der Waals surface area contributed by atoms with Crippen molar-refractivity contribution in [3.05, 3.63) is 0 Å². The van der Waals surface area contributed by atoms with Crippen molar-refractivity contribution in [1.82, 2.24) is 0 Å². The van der Waals surface area contributed by atoms with Crippen molar-refractivity contribution < 1.29 is 19.4 Å². The Morgan fingerprint density at radius 1 is 1.00 bits per heavy atom. The van der Waals surface area contributed by atoms with Crippen molar-refractivity contribution in [3.63, 3.8) is 0 Å². The van der Waals surface area contributed by atoms with E-state index in [4.69, 9.17) is 14.6 Å². The van der Waals surface area contributed by atoms with Gasteiger partial charge in [0.15, 0.2) is 6.29 Å². The van der Waals surface area contributed by atoms with Crippen LogP contribution < -0.4 is 0 Å². The number of hydrogen-bond acceptors (Lipinski definition) is 3. The molecule has 0 aromatic heterocycles. The van der Waals surface area contributed by atoms with Crippen LogP contribution in [-0.4, -0.2) is 30.6 Å². The van der Waals surface area contributed by atoms with Crippen LogP contribution in [0.2, 0.25) is 0 Å². The molecule has 0 saturated carbocycles. The number of unbranched alkanes of at least 4 members (excludes halogenated alkanes) is 7. The van der Waals surface area contributed by atoms with E-state index in [0.717, 1.165) is 6.42 Å². The summed E-state index contributed by atoms with van der Waals surface area (Å²) >= 11 is 0. The van der Waals surface area contributed by atoms with Crippen molar-refractivity contribution in [3.8, 4) is 0 Å². The standard InChI is InChI=1S/C14H28O4/c1-3-4-5-6-7-8-9-10-11-17-13(2)18-12-14(15)16/h13H,3-12H2,1-2H3,(H,15,16). The molecular formula is C14H28O4. The van der Waals surface area contributed by atoms with Crippen LogP contribution in [0.4, 0.5) is 0 Å². The summed E-state index contributed by atoms with van der Waals surface area (Å²) in [5.74, 6) is -0.961. The molecule has 0 aromatic carbocycles. The van der Waals surface area contributed by atoms with Gasteiger partial charge < -0.3 is 14.6 Å². The SMILES string of the molecule is CCCCCCCCCCOC(C)OCC(=O)O. The van der Waals surface area contributed by atoms with E-state index in [1.54, 1.807) is 6.92 Å². The minimum Gasteiger partial charge on any atom is -0.480 e. The Morgan fingerprint density at radius 3 is 2.11 bits per heavy atom. The van der Waals surface area contributed by atoms with Crippen molar-refractivity contribution in [1.29, 1.82) is 0 Å². The third kappa shape index (κ3) is 13.5. The molecule has 18 heavy (non-hydrogen) atoms. The topological polar surface area (TPSA) is 55.8 Å². The smallest absolute Gasteiger partial charge is 0.329 e. The van der Waals surface area contributed by atoms with Crippen molar-refractivity contribution >= 4 is 5.97 Å². The van der Waals surface area contributed by atoms with Crippen molar-refractivity contribution in [2.45, 2.75) is 71.5 Å². The molecule has 1 unspecified atom stereocenters. The van der Waals surface area contributed by atoms with Gasteiger partial charge in [-0.05, 0) is 13.3 Å². The normalized spacial score (nSPS) is 12.6. The number of carboxylic acids is 1. The zero-order chi connectivity index (χ0) is 13.6. The highest BCUT2D eigenvalue weighted by Gasteiger charge is 2.04. The summed E-state index contributed by atoms with van der Waals surface area (Å²) in [7, 11) is 0. The third-order valence-corrected chi connectivity index (χ3v) is 2.79. The zero-order valence-electron chi connectivity index (χ0n) is 11.8. The predicted octanol–water partition coefficient (Wildman–Crippen LogP) is 3.59. The van der Waals surface area contributed by atoms with E-state index in [0.29, 0.717) is 6.61 Å². The second-order valence-electron chi connectivity index (χ2n) is 4.62. The number of carboxylic acid groups (broad SMARTS) is 1. The lowest BCUT2D eigenvalue weighted by Crippen LogP contribution is -2.18. The van der Waals surface area contributed by atoms with Crippen LogP contribution >= 0.6 is 0 Å². The minimum absolute atomic E-state index is 0.293. The lowest BCUT2D eigenvalue weighted by Gasteiger charge is -2.12. The summed E-state index contributed by atoms with van der Waals surface area (Å²) in [5.41, 5.74) is 0. The maximum absolute atomic E-state index is 10.2. The fourth-order valence-corrected chi connectivity index (χ4v) is 1.72. The van der Waals surface area contributed by atoms with Gasteiger partial charge in [0, 0.05) is 6.61 Å². The van der Waals surface area contributed by atoms with Gasteiger partial charge in [-0.25, -0.2) is 4.79 Å². The molecule has 0 aliphatic carbocycles. The van der Waals surface area contributed by atoms with Crippen LogP contribution in [0.1, 0.15) is 65.2 Å². The highest BCUT2D eigenvalue weighted by molar-refractivity contribution is 5.67. The van der Waals surface area contributed by atoms with Crippen LogP contribution in [0.25, 0.3) is 0 Å². The molecule has 0 radical (unpaired) electrons. The average molecular weight is 260 g/mol. The summed E-state index contributed by atoms with van der Waals surface area (Å²) in [6.07, 6.45) is 9.68. The Bertz CT molecular complexity index is 194. The Morgan fingerprint density at radius 2 is 1.56 bits per heavy atom. The number of rotatable bonds is 13. The number of carbonyl (C=O) groups is 1. The second kappa shape index (κ2) is 12.8. The first-order chi connectivity index (χ1) is 8.66. The molecular weight excluding hydrogens is 232 g/mol. The first kappa shape index (κ1) is 17.4. The zero-order valence-corrected chi connectivity index (χ0v) is 11.8. The lowest BCUT2D eigenvalue weighted by molar-refractivity contribution is -0.163. The van der Waals surface area contributed by atoms with Gasteiger partial charge >= 0.3 is 5.97 Å². The number of ether oxygens (including phenoxy) is 2. The van der Waals surface area contributed by atoms with E-state index in [-0.39, 0.29) is 6.61 Å². The van der Waals surface area contributed by atoms with Gasteiger partial charge in [0.25, 0.3) is 0 Å². The van der Waals surface area contributed by atoms with E-state index in [9.17, 15) is 4.79 Å². The Kier molecular flexibility index (Phi) is 12.4. The molecule has 108 valence electrons. The molecule has 1 atom stereocenters. The van der Waals surface area contributed by atoms with Crippen molar-refractivity contribution in [2.75, 3.05) is 13.2 Å². The monoisotopic (exact) mass is 260 g/mol. The van der Waals surface area contributed by atoms with E-state index in [2.05, 4.69) is 6.92 Å². The molecule has 0 rings (SSSR count). The quantitative estimate of drug-likeness (QED) is 0.406. The highest BCUT2D eigenvalue weighted by atomic mass is 16.7. The molecule has 4 nitrogen and oxygen atoms in total. The summed E-state index contributed by atoms with van der Waals surface area (Å²) in [6, 6.07) is 0. The van der Waals surface area contributed by atoms with Gasteiger partial charge in [-0.2, -0.15) is 0 Å². The maximum Gasteiger partial charge on any atom is 0.329 e. The summed E-state index contributed by atoms with van der Waals surface area (Å²) < 4.78 is 10.3. The van der Waals surface area contributed by atoms with Crippen LogP contribution in [-0.2, 0) is 14.3 Å². The average Bonchev–Trinajstić information content (AvgIpc) is 2.34. The van der Waals surface area contributed by atoms with E-state index >= 15 is 0 Å². The summed E-state index contributed by atoms with van der Waals surface area (Å²) in [5, 5.41) is 8.41. The molecule has 0 spiro atoms. The van der Waals surface area contributed by atoms with Gasteiger partial charge in [-0.1, -0.05) is 51.9 Å².